The molecular weight excluding hydrogens is 457 g/mol. The normalized spacial score (nSPS) is 12.4. The number of rotatable bonds is 7. The Morgan fingerprint density at radius 2 is 1.71 bits per heavy atom. The number of aryl methyl sites for hydroxylation is 1. The molecule has 31 heavy (non-hydrogen) atoms. The third-order valence-electron chi connectivity index (χ3n) is 4.15. The first-order valence-electron chi connectivity index (χ1n) is 9.36. The second-order valence-corrected chi connectivity index (χ2v) is 9.06. The molecule has 0 unspecified atom stereocenters. The number of alkyl halides is 3. The third-order valence-corrected chi connectivity index (χ3v) is 4.75. The van der Waals surface area contributed by atoms with Crippen LogP contribution in [0.15, 0.2) is 84.0 Å². The molecule has 160 valence electrons. The number of hydrogen-bond acceptors (Lipinski definition) is 4. The Bertz CT molecular complexity index is 1040. The van der Waals surface area contributed by atoms with Gasteiger partial charge in [0.05, 0.1) is 11.9 Å². The Hall–Kier alpha value is -2.73. The predicted octanol–water partition coefficient (Wildman–Crippen LogP) is 5.95. The van der Waals surface area contributed by atoms with Crippen molar-refractivity contribution in [3.8, 4) is 5.75 Å². The van der Waals surface area contributed by atoms with Crippen molar-refractivity contribution >= 4 is 52.6 Å². The molecule has 0 saturated carbocycles. The highest BCUT2D eigenvalue weighted by molar-refractivity contribution is 6.68. The van der Waals surface area contributed by atoms with Crippen molar-refractivity contribution in [2.45, 2.75) is 16.9 Å². The summed E-state index contributed by atoms with van der Waals surface area (Å²) in [5, 5.41) is 6.81. The second-order valence-electron chi connectivity index (χ2n) is 6.69. The quantitative estimate of drug-likeness (QED) is 0.192. The molecule has 0 aliphatic rings. The van der Waals surface area contributed by atoms with Crippen LogP contribution in [0.4, 0.5) is 5.69 Å². The molecule has 3 aromatic rings. The second kappa shape index (κ2) is 10.5. The van der Waals surface area contributed by atoms with Crippen molar-refractivity contribution in [1.82, 2.24) is 5.32 Å². The summed E-state index contributed by atoms with van der Waals surface area (Å²) in [6, 6.07) is 23.7. The van der Waals surface area contributed by atoms with Crippen LogP contribution in [0.2, 0.25) is 0 Å². The molecule has 0 spiro atoms. The van der Waals surface area contributed by atoms with Gasteiger partial charge in [-0.2, -0.15) is 5.10 Å². The average Bonchev–Trinajstić information content (AvgIpc) is 2.74. The lowest BCUT2D eigenvalue weighted by Crippen LogP contribution is -2.47. The van der Waals surface area contributed by atoms with E-state index in [9.17, 15) is 4.79 Å². The Labute approximate surface area is 196 Å². The molecule has 2 N–H and O–H groups in total. The van der Waals surface area contributed by atoms with Crippen LogP contribution in [0.25, 0.3) is 0 Å². The molecule has 0 aromatic heterocycles. The molecule has 3 aromatic carbocycles. The Morgan fingerprint density at radius 3 is 2.35 bits per heavy atom. The van der Waals surface area contributed by atoms with Gasteiger partial charge in [-0.3, -0.25) is 10.2 Å². The molecule has 0 fully saturated rings. The van der Waals surface area contributed by atoms with Crippen LogP contribution < -0.4 is 15.5 Å². The van der Waals surface area contributed by atoms with Gasteiger partial charge in [0.15, 0.2) is 0 Å². The van der Waals surface area contributed by atoms with Crippen LogP contribution in [-0.4, -0.2) is 22.1 Å². The van der Waals surface area contributed by atoms with Gasteiger partial charge in [-0.15, -0.1) is 0 Å². The van der Waals surface area contributed by atoms with E-state index in [-0.39, 0.29) is 0 Å². The fourth-order valence-electron chi connectivity index (χ4n) is 2.63. The monoisotopic (exact) mass is 475 g/mol. The van der Waals surface area contributed by atoms with Crippen molar-refractivity contribution < 1.29 is 9.53 Å². The molecule has 5 nitrogen and oxygen atoms in total. The molecule has 1 amide bonds. The molecule has 3 rings (SSSR count). The number of ether oxygens (including phenoxy) is 1. The lowest BCUT2D eigenvalue weighted by Gasteiger charge is -2.26. The van der Waals surface area contributed by atoms with E-state index >= 15 is 0 Å². The molecule has 1 atom stereocenters. The molecule has 0 bridgehead atoms. The van der Waals surface area contributed by atoms with Crippen LogP contribution in [0, 0.1) is 6.92 Å². The fourth-order valence-corrected chi connectivity index (χ4v) is 2.93. The van der Waals surface area contributed by atoms with Gasteiger partial charge in [0, 0.05) is 5.56 Å². The number of nitrogens with zero attached hydrogens (tertiary/aromatic N) is 1. The SMILES string of the molecule is Cc1cccc(C(=O)N[C@@H](Oc2ccc(/C=N\Nc3ccccc3)cc2)C(Cl)(Cl)Cl)c1. The summed E-state index contributed by atoms with van der Waals surface area (Å²) in [6.07, 6.45) is 0.479. The fraction of sp³-hybridized carbons (Fsp3) is 0.130. The van der Waals surface area contributed by atoms with Crippen LogP contribution in [0.1, 0.15) is 21.5 Å². The average molecular weight is 477 g/mol. The van der Waals surface area contributed by atoms with Crippen LogP contribution >= 0.6 is 34.8 Å². The smallest absolute Gasteiger partial charge is 0.254 e. The summed E-state index contributed by atoms with van der Waals surface area (Å²) >= 11 is 18.1. The first-order valence-corrected chi connectivity index (χ1v) is 10.5. The lowest BCUT2D eigenvalue weighted by atomic mass is 10.1. The highest BCUT2D eigenvalue weighted by atomic mass is 35.6. The highest BCUT2D eigenvalue weighted by Gasteiger charge is 2.36. The van der Waals surface area contributed by atoms with Crippen molar-refractivity contribution in [3.63, 3.8) is 0 Å². The van der Waals surface area contributed by atoms with Crippen LogP contribution in [0.5, 0.6) is 5.75 Å². The maximum absolute atomic E-state index is 12.5. The molecule has 0 aliphatic heterocycles. The largest absolute Gasteiger partial charge is 0.466 e. The maximum Gasteiger partial charge on any atom is 0.254 e. The zero-order chi connectivity index (χ0) is 22.3. The molecule has 8 heteroatoms. The highest BCUT2D eigenvalue weighted by Crippen LogP contribution is 2.32. The minimum atomic E-state index is -1.88. The van der Waals surface area contributed by atoms with Gasteiger partial charge in [-0.05, 0) is 61.0 Å². The summed E-state index contributed by atoms with van der Waals surface area (Å²) in [7, 11) is 0. The van der Waals surface area contributed by atoms with E-state index in [1.54, 1.807) is 48.7 Å². The summed E-state index contributed by atoms with van der Waals surface area (Å²) in [4.78, 5) is 12.5. The predicted molar refractivity (Wildman–Crippen MR) is 127 cm³/mol. The molecule has 0 aliphatic carbocycles. The van der Waals surface area contributed by atoms with Gasteiger partial charge in [0.2, 0.25) is 10.0 Å². The number of hydrogen-bond donors (Lipinski definition) is 2. The van der Waals surface area contributed by atoms with E-state index < -0.39 is 15.9 Å². The third kappa shape index (κ3) is 7.17. The number of carbonyl (C=O) groups is 1. The number of hydrazone groups is 1. The number of benzene rings is 3. The number of carbonyl (C=O) groups excluding carboxylic acids is 1. The van der Waals surface area contributed by atoms with E-state index in [4.69, 9.17) is 39.5 Å². The number of halogens is 3. The lowest BCUT2D eigenvalue weighted by molar-refractivity contribution is 0.0833. The van der Waals surface area contributed by atoms with E-state index in [1.165, 1.54) is 0 Å². The van der Waals surface area contributed by atoms with Gasteiger partial charge in [-0.1, -0.05) is 70.7 Å². The maximum atomic E-state index is 12.5. The zero-order valence-electron chi connectivity index (χ0n) is 16.6. The molecule has 0 heterocycles. The molecule has 0 radical (unpaired) electrons. The Morgan fingerprint density at radius 1 is 1.00 bits per heavy atom. The minimum Gasteiger partial charge on any atom is -0.466 e. The van der Waals surface area contributed by atoms with E-state index in [0.29, 0.717) is 11.3 Å². The number of nitrogens with one attached hydrogen (secondary N) is 2. The van der Waals surface area contributed by atoms with Crippen LogP contribution in [-0.2, 0) is 0 Å². The van der Waals surface area contributed by atoms with Gasteiger partial charge in [-0.25, -0.2) is 0 Å². The summed E-state index contributed by atoms with van der Waals surface area (Å²) in [5.41, 5.74) is 6.05. The summed E-state index contributed by atoms with van der Waals surface area (Å²) < 4.78 is 3.87. The Balaban J connectivity index is 1.64. The van der Waals surface area contributed by atoms with E-state index in [1.807, 2.05) is 43.3 Å². The van der Waals surface area contributed by atoms with Gasteiger partial charge >= 0.3 is 0 Å². The summed E-state index contributed by atoms with van der Waals surface area (Å²) in [6.45, 7) is 1.89. The number of anilines is 1. The van der Waals surface area contributed by atoms with E-state index in [0.717, 1.165) is 16.8 Å². The number of amides is 1. The van der Waals surface area contributed by atoms with Crippen molar-refractivity contribution in [2.24, 2.45) is 5.10 Å². The van der Waals surface area contributed by atoms with E-state index in [2.05, 4.69) is 15.8 Å². The van der Waals surface area contributed by atoms with Gasteiger partial charge in [0.25, 0.3) is 5.91 Å². The van der Waals surface area contributed by atoms with Gasteiger partial charge in [0.1, 0.15) is 5.75 Å². The topological polar surface area (TPSA) is 62.7 Å². The van der Waals surface area contributed by atoms with Crippen molar-refractivity contribution in [2.75, 3.05) is 5.43 Å². The van der Waals surface area contributed by atoms with Crippen LogP contribution in [0.3, 0.4) is 0 Å². The summed E-state index contributed by atoms with van der Waals surface area (Å²) in [5.74, 6) is 0.0183. The molecule has 0 saturated heterocycles. The number of para-hydroxylation sites is 1. The van der Waals surface area contributed by atoms with Gasteiger partial charge < -0.3 is 10.1 Å². The minimum absolute atomic E-state index is 0.407. The Kier molecular flexibility index (Phi) is 7.80. The standard InChI is InChI=1S/C23H20Cl3N3O2/c1-16-6-5-7-18(14-16)21(30)28-22(23(24,25)26)31-20-12-10-17(11-13-20)15-27-29-19-8-3-2-4-9-19/h2-15,22,29H,1H3,(H,28,30)/b27-15-/t22-/m0/s1. The first-order chi connectivity index (χ1) is 14.8. The zero-order valence-corrected chi connectivity index (χ0v) is 18.8. The van der Waals surface area contributed by atoms with Crippen molar-refractivity contribution in [3.05, 3.63) is 95.6 Å². The first kappa shape index (κ1) is 22.9. The molecular formula is C23H20Cl3N3O2. The van der Waals surface area contributed by atoms with Crippen molar-refractivity contribution in [1.29, 1.82) is 0 Å².